The zero-order chi connectivity index (χ0) is 15.9. The summed E-state index contributed by atoms with van der Waals surface area (Å²) in [6, 6.07) is 0. The van der Waals surface area contributed by atoms with Gasteiger partial charge in [-0.1, -0.05) is 16.8 Å². The van der Waals surface area contributed by atoms with Crippen molar-refractivity contribution in [2.45, 2.75) is 19.3 Å². The van der Waals surface area contributed by atoms with Crippen LogP contribution in [0.2, 0.25) is 5.15 Å². The Labute approximate surface area is 129 Å². The van der Waals surface area contributed by atoms with Gasteiger partial charge >= 0.3 is 5.97 Å². The van der Waals surface area contributed by atoms with Crippen molar-refractivity contribution in [3.63, 3.8) is 0 Å². The molecule has 2 unspecified atom stereocenters. The van der Waals surface area contributed by atoms with Crippen LogP contribution >= 0.6 is 11.6 Å². The predicted molar refractivity (Wildman–Crippen MR) is 74.7 cm³/mol. The van der Waals surface area contributed by atoms with E-state index in [2.05, 4.69) is 15.4 Å². The van der Waals surface area contributed by atoms with Crippen molar-refractivity contribution >= 4 is 28.6 Å². The van der Waals surface area contributed by atoms with Gasteiger partial charge in [-0.2, -0.15) is 9.78 Å². The van der Waals surface area contributed by atoms with E-state index in [1.807, 2.05) is 0 Å². The molecule has 10 heteroatoms. The van der Waals surface area contributed by atoms with Crippen molar-refractivity contribution < 1.29 is 14.3 Å². The highest BCUT2D eigenvalue weighted by atomic mass is 35.5. The van der Waals surface area contributed by atoms with Crippen molar-refractivity contribution in [2.75, 3.05) is 6.61 Å². The summed E-state index contributed by atoms with van der Waals surface area (Å²) in [7, 11) is 1.59. The highest BCUT2D eigenvalue weighted by Crippen LogP contribution is 2.25. The van der Waals surface area contributed by atoms with Gasteiger partial charge in [-0.15, -0.1) is 5.10 Å². The molecule has 22 heavy (non-hydrogen) atoms. The molecule has 0 aliphatic carbocycles. The molecule has 3 heterocycles. The summed E-state index contributed by atoms with van der Waals surface area (Å²) < 4.78 is 12.9. The van der Waals surface area contributed by atoms with Crippen LogP contribution < -0.4 is 5.56 Å². The Hall–Kier alpha value is -2.00. The van der Waals surface area contributed by atoms with Crippen molar-refractivity contribution in [1.29, 1.82) is 0 Å². The van der Waals surface area contributed by atoms with Gasteiger partial charge in [-0.3, -0.25) is 14.3 Å². The van der Waals surface area contributed by atoms with Gasteiger partial charge in [-0.25, -0.2) is 0 Å². The summed E-state index contributed by atoms with van der Waals surface area (Å²) >= 11 is 5.88. The van der Waals surface area contributed by atoms with E-state index in [4.69, 9.17) is 21.1 Å². The minimum Gasteiger partial charge on any atom is -0.463 e. The monoisotopic (exact) mass is 325 g/mol. The molecule has 0 saturated carbocycles. The fraction of sp³-hybridized carbons (Fsp3) is 0.417. The topological polar surface area (TPSA) is 101 Å². The molecule has 1 aliphatic heterocycles. The van der Waals surface area contributed by atoms with Gasteiger partial charge in [0.15, 0.2) is 22.4 Å². The Kier molecular flexibility index (Phi) is 3.83. The molecule has 2 aromatic rings. The summed E-state index contributed by atoms with van der Waals surface area (Å²) in [6.07, 6.45) is 2.18. The van der Waals surface area contributed by atoms with Crippen molar-refractivity contribution in [3.05, 3.63) is 28.3 Å². The van der Waals surface area contributed by atoms with Crippen LogP contribution in [0.15, 0.2) is 4.79 Å². The first-order valence-corrected chi connectivity index (χ1v) is 6.80. The molecule has 116 valence electrons. The number of carbonyl (C=O) groups is 1. The predicted octanol–water partition coefficient (Wildman–Crippen LogP) is 0.0475. The zero-order valence-electron chi connectivity index (χ0n) is 11.8. The number of esters is 1. The second-order valence-electron chi connectivity index (χ2n) is 4.70. The average Bonchev–Trinajstić information content (AvgIpc) is 3.03. The number of hydrogen-bond donors (Lipinski definition) is 0. The third-order valence-corrected chi connectivity index (χ3v) is 3.38. The minimum atomic E-state index is -0.723. The first-order valence-electron chi connectivity index (χ1n) is 6.42. The van der Waals surface area contributed by atoms with Crippen molar-refractivity contribution in [2.24, 2.45) is 7.05 Å². The smallest absolute Gasteiger partial charge is 0.302 e. The highest BCUT2D eigenvalue weighted by Gasteiger charge is 2.30. The molecule has 0 aromatic carbocycles. The van der Waals surface area contributed by atoms with Crippen molar-refractivity contribution in [3.8, 4) is 0 Å². The first-order chi connectivity index (χ1) is 10.5. The largest absolute Gasteiger partial charge is 0.463 e. The van der Waals surface area contributed by atoms with Crippen LogP contribution in [-0.4, -0.2) is 43.5 Å². The fourth-order valence-electron chi connectivity index (χ4n) is 2.14. The van der Waals surface area contributed by atoms with E-state index in [1.165, 1.54) is 11.6 Å². The van der Waals surface area contributed by atoms with E-state index in [1.54, 1.807) is 19.9 Å². The maximum atomic E-state index is 12.5. The molecule has 2 atom stereocenters. The second-order valence-corrected chi connectivity index (χ2v) is 5.06. The van der Waals surface area contributed by atoms with Crippen molar-refractivity contribution in [1.82, 2.24) is 24.8 Å². The maximum absolute atomic E-state index is 12.5. The molecule has 0 spiro atoms. The van der Waals surface area contributed by atoms with Gasteiger partial charge in [0.2, 0.25) is 0 Å². The molecule has 0 bridgehead atoms. The minimum absolute atomic E-state index is 0.0737. The number of nitrogens with zero attached hydrogens (tertiary/aromatic N) is 5. The molecule has 1 fully saturated rings. The summed E-state index contributed by atoms with van der Waals surface area (Å²) in [6.45, 7) is 1.39. The number of aromatic nitrogens is 5. The number of hydrogen-bond acceptors (Lipinski definition) is 7. The summed E-state index contributed by atoms with van der Waals surface area (Å²) in [4.78, 5) is 23.3. The maximum Gasteiger partial charge on any atom is 0.302 e. The van der Waals surface area contributed by atoms with Crippen LogP contribution in [0.25, 0.3) is 11.0 Å². The highest BCUT2D eigenvalue weighted by molar-refractivity contribution is 6.33. The summed E-state index contributed by atoms with van der Waals surface area (Å²) in [5.41, 5.74) is 0.0546. The Bertz CT molecular complexity index is 786. The van der Waals surface area contributed by atoms with E-state index in [9.17, 15) is 9.59 Å². The van der Waals surface area contributed by atoms with E-state index < -0.39 is 23.9 Å². The summed E-state index contributed by atoms with van der Waals surface area (Å²) in [5, 5.41) is 11.8. The van der Waals surface area contributed by atoms with E-state index in [0.717, 1.165) is 4.68 Å². The third-order valence-electron chi connectivity index (χ3n) is 3.13. The molecule has 9 nitrogen and oxygen atoms in total. The molecule has 1 aliphatic rings. The van der Waals surface area contributed by atoms with Crippen LogP contribution in [0.4, 0.5) is 0 Å². The number of ether oxygens (including phenoxy) is 2. The van der Waals surface area contributed by atoms with Gasteiger partial charge in [0.05, 0.1) is 6.10 Å². The molecule has 2 aromatic heterocycles. The van der Waals surface area contributed by atoms with Gasteiger partial charge in [-0.05, 0) is 0 Å². The summed E-state index contributed by atoms with van der Waals surface area (Å²) in [5.74, 6) is -0.400. The average molecular weight is 326 g/mol. The number of rotatable bonds is 3. The van der Waals surface area contributed by atoms with Crippen LogP contribution in [0.5, 0.6) is 0 Å². The van der Waals surface area contributed by atoms with Crippen LogP contribution in [0.1, 0.15) is 13.2 Å². The van der Waals surface area contributed by atoms with Gasteiger partial charge in [0.1, 0.15) is 6.61 Å². The van der Waals surface area contributed by atoms with E-state index in [0.29, 0.717) is 0 Å². The van der Waals surface area contributed by atoms with E-state index in [-0.39, 0.29) is 22.8 Å². The lowest BCUT2D eigenvalue weighted by atomic mass is 10.2. The number of fused-ring (bicyclic) bond motifs is 1. The Morgan fingerprint density at radius 3 is 3.00 bits per heavy atom. The Morgan fingerprint density at radius 1 is 1.50 bits per heavy atom. The molecule has 1 saturated heterocycles. The van der Waals surface area contributed by atoms with Gasteiger partial charge in [0.25, 0.3) is 5.56 Å². The van der Waals surface area contributed by atoms with E-state index >= 15 is 0 Å². The van der Waals surface area contributed by atoms with Crippen LogP contribution in [-0.2, 0) is 21.3 Å². The quantitative estimate of drug-likeness (QED) is 0.735. The number of aryl methyl sites for hydroxylation is 1. The Morgan fingerprint density at radius 2 is 2.27 bits per heavy atom. The molecule has 2 radical (unpaired) electrons. The lowest BCUT2D eigenvalue weighted by Crippen LogP contribution is -2.30. The normalized spacial score (nSPS) is 21.4. The molecule has 3 rings (SSSR count). The first kappa shape index (κ1) is 14.9. The molecule has 0 N–H and O–H groups in total. The van der Waals surface area contributed by atoms with Crippen LogP contribution in [0.3, 0.4) is 0 Å². The fourth-order valence-corrected chi connectivity index (χ4v) is 2.38. The molecular formula is C12H12ClN5O4. The molecular weight excluding hydrogens is 314 g/mol. The zero-order valence-corrected chi connectivity index (χ0v) is 12.5. The molecule has 0 amide bonds. The second kappa shape index (κ2) is 5.65. The van der Waals surface area contributed by atoms with Gasteiger partial charge < -0.3 is 9.47 Å². The van der Waals surface area contributed by atoms with Crippen LogP contribution in [0, 0.1) is 12.8 Å². The SMILES string of the molecule is CC(=O)OCC1[CH][CH]C(n2nnc3c(Cl)nn(C)c3c2=O)O1. The lowest BCUT2D eigenvalue weighted by Gasteiger charge is -2.14. The number of carbonyl (C=O) groups excluding carboxylic acids is 1. The van der Waals surface area contributed by atoms with Gasteiger partial charge in [0, 0.05) is 26.8 Å². The third kappa shape index (κ3) is 2.57. The Balaban J connectivity index is 1.86. The number of halogens is 1. The lowest BCUT2D eigenvalue weighted by molar-refractivity contribution is -0.145. The standard InChI is InChI=1S/C12H12ClN5O4/c1-6(19)21-5-7-3-4-8(22-7)18-12(20)10-9(14-16-18)11(13)15-17(10)2/h3-4,7-8H,5H2,1-2H3.